The van der Waals surface area contributed by atoms with Crippen LogP contribution in [-0.4, -0.2) is 14.4 Å². The Bertz CT molecular complexity index is 513. The highest BCUT2D eigenvalue weighted by Gasteiger charge is 2.37. The molecule has 86 valence electrons. The predicted octanol–water partition coefficient (Wildman–Crippen LogP) is 2.87. The second-order valence-corrected chi connectivity index (χ2v) is 3.80. The number of hydrogen-bond acceptors (Lipinski definition) is 2. The van der Waals surface area contributed by atoms with Gasteiger partial charge in [0.2, 0.25) is 5.82 Å². The van der Waals surface area contributed by atoms with Crippen LogP contribution in [-0.2, 0) is 6.18 Å². The van der Waals surface area contributed by atoms with Crippen LogP contribution in [0.5, 0.6) is 0 Å². The zero-order valence-electron chi connectivity index (χ0n) is 8.78. The van der Waals surface area contributed by atoms with Gasteiger partial charge in [-0.1, -0.05) is 13.8 Å². The fraction of sp³-hybridized carbons (Fsp3) is 0.400. The molecule has 2 rings (SSSR count). The van der Waals surface area contributed by atoms with Gasteiger partial charge in [0.05, 0.1) is 17.4 Å². The summed E-state index contributed by atoms with van der Waals surface area (Å²) in [6, 6.07) is 0. The first-order chi connectivity index (χ1) is 7.41. The van der Waals surface area contributed by atoms with Gasteiger partial charge in [0.15, 0.2) is 0 Å². The SMILES string of the molecule is CC(C)c1nc(C(F)(F)F)n2ccncc12. The maximum absolute atomic E-state index is 12.7. The van der Waals surface area contributed by atoms with E-state index >= 15 is 0 Å². The maximum Gasteiger partial charge on any atom is 0.450 e. The highest BCUT2D eigenvalue weighted by molar-refractivity contribution is 5.52. The van der Waals surface area contributed by atoms with Crippen molar-refractivity contribution >= 4 is 5.52 Å². The second kappa shape index (κ2) is 3.47. The first kappa shape index (κ1) is 10.9. The van der Waals surface area contributed by atoms with Crippen LogP contribution >= 0.6 is 0 Å². The van der Waals surface area contributed by atoms with Gasteiger partial charge in [0.25, 0.3) is 0 Å². The Hall–Kier alpha value is -1.59. The molecular weight excluding hydrogens is 219 g/mol. The summed E-state index contributed by atoms with van der Waals surface area (Å²) in [5, 5.41) is 0. The summed E-state index contributed by atoms with van der Waals surface area (Å²) < 4.78 is 39.1. The number of fused-ring (bicyclic) bond motifs is 1. The average molecular weight is 229 g/mol. The Morgan fingerprint density at radius 2 is 2.00 bits per heavy atom. The minimum Gasteiger partial charge on any atom is -0.293 e. The van der Waals surface area contributed by atoms with Crippen molar-refractivity contribution in [3.8, 4) is 0 Å². The van der Waals surface area contributed by atoms with E-state index in [1.54, 1.807) is 13.8 Å². The summed E-state index contributed by atoms with van der Waals surface area (Å²) in [5.74, 6) is -0.969. The molecule has 3 nitrogen and oxygen atoms in total. The molecule has 0 saturated carbocycles. The van der Waals surface area contributed by atoms with E-state index in [-0.39, 0.29) is 5.92 Å². The Morgan fingerprint density at radius 1 is 1.31 bits per heavy atom. The van der Waals surface area contributed by atoms with E-state index in [2.05, 4.69) is 9.97 Å². The number of rotatable bonds is 1. The molecule has 0 atom stereocenters. The van der Waals surface area contributed by atoms with Crippen LogP contribution in [0, 0.1) is 0 Å². The molecule has 0 aliphatic carbocycles. The van der Waals surface area contributed by atoms with E-state index in [1.807, 2.05) is 0 Å². The Morgan fingerprint density at radius 3 is 2.56 bits per heavy atom. The molecule has 2 aromatic heterocycles. The molecule has 0 radical (unpaired) electrons. The van der Waals surface area contributed by atoms with Crippen molar-refractivity contribution in [3.63, 3.8) is 0 Å². The number of aromatic nitrogens is 3. The molecule has 0 unspecified atom stereocenters. The first-order valence-corrected chi connectivity index (χ1v) is 4.80. The molecule has 0 bridgehead atoms. The van der Waals surface area contributed by atoms with Crippen LogP contribution < -0.4 is 0 Å². The number of alkyl halides is 3. The van der Waals surface area contributed by atoms with E-state index in [0.29, 0.717) is 11.2 Å². The summed E-state index contributed by atoms with van der Waals surface area (Å²) in [7, 11) is 0. The molecule has 2 aromatic rings. The predicted molar refractivity (Wildman–Crippen MR) is 52.1 cm³/mol. The lowest BCUT2D eigenvalue weighted by atomic mass is 10.1. The average Bonchev–Trinajstić information content (AvgIpc) is 2.56. The van der Waals surface area contributed by atoms with E-state index in [1.165, 1.54) is 18.6 Å². The zero-order valence-corrected chi connectivity index (χ0v) is 8.78. The van der Waals surface area contributed by atoms with Gasteiger partial charge in [0, 0.05) is 12.4 Å². The number of imidazole rings is 1. The van der Waals surface area contributed by atoms with Gasteiger partial charge < -0.3 is 0 Å². The standard InChI is InChI=1S/C10H10F3N3/c1-6(2)8-7-5-14-3-4-16(7)9(15-8)10(11,12)13/h3-6H,1-2H3. The molecule has 0 amide bonds. The monoisotopic (exact) mass is 229 g/mol. The molecule has 0 aromatic carbocycles. The lowest BCUT2D eigenvalue weighted by Gasteiger charge is -2.03. The molecule has 2 heterocycles. The first-order valence-electron chi connectivity index (χ1n) is 4.80. The number of nitrogens with zero attached hydrogens (tertiary/aromatic N) is 3. The molecular formula is C10H10F3N3. The topological polar surface area (TPSA) is 30.2 Å². The molecule has 0 N–H and O–H groups in total. The maximum atomic E-state index is 12.7. The summed E-state index contributed by atoms with van der Waals surface area (Å²) in [6.45, 7) is 3.60. The van der Waals surface area contributed by atoms with Crippen LogP contribution in [0.4, 0.5) is 13.2 Å². The van der Waals surface area contributed by atoms with Gasteiger partial charge in [0.1, 0.15) is 0 Å². The minimum absolute atomic E-state index is 0.0738. The molecule has 0 aliphatic rings. The third kappa shape index (κ3) is 1.64. The van der Waals surface area contributed by atoms with E-state index in [9.17, 15) is 13.2 Å². The van der Waals surface area contributed by atoms with Gasteiger partial charge in [-0.2, -0.15) is 13.2 Å². The molecule has 0 saturated heterocycles. The van der Waals surface area contributed by atoms with Crippen molar-refractivity contribution in [2.45, 2.75) is 25.9 Å². The van der Waals surface area contributed by atoms with Crippen LogP contribution in [0.1, 0.15) is 31.3 Å². The van der Waals surface area contributed by atoms with Gasteiger partial charge in [-0.25, -0.2) is 4.98 Å². The van der Waals surface area contributed by atoms with Gasteiger partial charge in [-0.15, -0.1) is 0 Å². The van der Waals surface area contributed by atoms with Crippen LogP contribution in [0.3, 0.4) is 0 Å². The normalized spacial score (nSPS) is 12.6. The van der Waals surface area contributed by atoms with Crippen molar-refractivity contribution in [2.24, 2.45) is 0 Å². The third-order valence-corrected chi connectivity index (χ3v) is 2.28. The van der Waals surface area contributed by atoms with Crippen molar-refractivity contribution < 1.29 is 13.2 Å². The van der Waals surface area contributed by atoms with E-state index in [0.717, 1.165) is 4.40 Å². The van der Waals surface area contributed by atoms with Crippen LogP contribution in [0.15, 0.2) is 18.6 Å². The largest absolute Gasteiger partial charge is 0.450 e. The van der Waals surface area contributed by atoms with Crippen molar-refractivity contribution in [1.82, 2.24) is 14.4 Å². The summed E-state index contributed by atoms with van der Waals surface area (Å²) in [6.07, 6.45) is -0.458. The number of halogens is 3. The van der Waals surface area contributed by atoms with Crippen molar-refractivity contribution in [2.75, 3.05) is 0 Å². The smallest absolute Gasteiger partial charge is 0.293 e. The number of hydrogen-bond donors (Lipinski definition) is 0. The van der Waals surface area contributed by atoms with Crippen molar-refractivity contribution in [3.05, 3.63) is 30.1 Å². The lowest BCUT2D eigenvalue weighted by molar-refractivity contribution is -0.145. The fourth-order valence-corrected chi connectivity index (χ4v) is 1.59. The Labute approximate surface area is 89.9 Å². The molecule has 0 fully saturated rings. The van der Waals surface area contributed by atoms with Crippen LogP contribution in [0.25, 0.3) is 5.52 Å². The lowest BCUT2D eigenvalue weighted by Crippen LogP contribution is -2.10. The van der Waals surface area contributed by atoms with Gasteiger partial charge in [-0.05, 0) is 5.92 Å². The summed E-state index contributed by atoms with van der Waals surface area (Å²) >= 11 is 0. The third-order valence-electron chi connectivity index (χ3n) is 2.28. The van der Waals surface area contributed by atoms with Crippen molar-refractivity contribution in [1.29, 1.82) is 0 Å². The highest BCUT2D eigenvalue weighted by Crippen LogP contribution is 2.31. The highest BCUT2D eigenvalue weighted by atomic mass is 19.4. The van der Waals surface area contributed by atoms with E-state index < -0.39 is 12.0 Å². The second-order valence-electron chi connectivity index (χ2n) is 3.80. The van der Waals surface area contributed by atoms with Gasteiger partial charge in [-0.3, -0.25) is 9.38 Å². The quantitative estimate of drug-likeness (QED) is 0.752. The van der Waals surface area contributed by atoms with Crippen LogP contribution in [0.2, 0.25) is 0 Å². The Kier molecular flexibility index (Phi) is 2.36. The molecule has 0 aliphatic heterocycles. The minimum atomic E-state index is -4.45. The van der Waals surface area contributed by atoms with Gasteiger partial charge >= 0.3 is 6.18 Å². The molecule has 0 spiro atoms. The fourth-order valence-electron chi connectivity index (χ4n) is 1.59. The summed E-state index contributed by atoms with van der Waals surface area (Å²) in [5.41, 5.74) is 0.824. The Balaban J connectivity index is 2.77. The molecule has 16 heavy (non-hydrogen) atoms. The molecule has 6 heteroatoms. The summed E-state index contributed by atoms with van der Waals surface area (Å²) in [4.78, 5) is 7.48. The zero-order chi connectivity index (χ0) is 11.9. The van der Waals surface area contributed by atoms with E-state index in [4.69, 9.17) is 0 Å².